The van der Waals surface area contributed by atoms with Crippen LogP contribution in [0.1, 0.15) is 31.7 Å². The fraction of sp³-hybridized carbons (Fsp3) is 0.389. The lowest BCUT2D eigenvalue weighted by Gasteiger charge is -2.16. The topological polar surface area (TPSA) is 88.0 Å². The van der Waals surface area contributed by atoms with Gasteiger partial charge in [-0.1, -0.05) is 6.92 Å². The monoisotopic (exact) mass is 361 g/mol. The van der Waals surface area contributed by atoms with Crippen LogP contribution in [-0.4, -0.2) is 27.8 Å². The van der Waals surface area contributed by atoms with Gasteiger partial charge in [-0.15, -0.1) is 0 Å². The van der Waals surface area contributed by atoms with Crippen LogP contribution in [-0.2, 0) is 11.3 Å². The van der Waals surface area contributed by atoms with Gasteiger partial charge in [0.25, 0.3) is 0 Å². The number of amides is 3. The quantitative estimate of drug-likeness (QED) is 0.738. The molecule has 8 heteroatoms. The third-order valence-corrected chi connectivity index (χ3v) is 3.75. The molecule has 3 N–H and O–H groups in total. The fourth-order valence-electron chi connectivity index (χ4n) is 2.50. The molecule has 0 bridgehead atoms. The molecule has 0 aliphatic carbocycles. The van der Waals surface area contributed by atoms with Gasteiger partial charge >= 0.3 is 6.03 Å². The molecule has 0 aliphatic rings. The Hall–Kier alpha value is -2.90. The van der Waals surface area contributed by atoms with Gasteiger partial charge in [-0.2, -0.15) is 5.10 Å². The number of anilines is 2. The lowest BCUT2D eigenvalue weighted by atomic mass is 10.2. The summed E-state index contributed by atoms with van der Waals surface area (Å²) < 4.78 is 15.7. The predicted molar refractivity (Wildman–Crippen MR) is 98.6 cm³/mol. The molecule has 2 aromatic rings. The van der Waals surface area contributed by atoms with Gasteiger partial charge in [0.2, 0.25) is 5.91 Å². The molecule has 26 heavy (non-hydrogen) atoms. The lowest BCUT2D eigenvalue weighted by Crippen LogP contribution is -2.39. The first-order valence-corrected chi connectivity index (χ1v) is 8.46. The molecule has 1 atom stereocenters. The van der Waals surface area contributed by atoms with Crippen molar-refractivity contribution in [3.05, 3.63) is 41.5 Å². The summed E-state index contributed by atoms with van der Waals surface area (Å²) in [4.78, 5) is 23.6. The number of rotatable bonds is 6. The summed E-state index contributed by atoms with van der Waals surface area (Å²) in [6, 6.07) is 5.24. The van der Waals surface area contributed by atoms with E-state index in [9.17, 15) is 14.0 Å². The Morgan fingerprint density at radius 3 is 2.58 bits per heavy atom. The first kappa shape index (κ1) is 19.4. The molecule has 2 rings (SSSR count). The number of aromatic nitrogens is 2. The Morgan fingerprint density at radius 1 is 1.23 bits per heavy atom. The van der Waals surface area contributed by atoms with E-state index in [0.29, 0.717) is 18.7 Å². The number of aryl methyl sites for hydroxylation is 2. The molecule has 0 fully saturated rings. The second kappa shape index (κ2) is 8.46. The zero-order valence-corrected chi connectivity index (χ0v) is 15.4. The summed E-state index contributed by atoms with van der Waals surface area (Å²) >= 11 is 0. The number of hydrogen-bond acceptors (Lipinski definition) is 3. The van der Waals surface area contributed by atoms with Gasteiger partial charge in [-0.3, -0.25) is 9.48 Å². The van der Waals surface area contributed by atoms with Gasteiger partial charge in [0.05, 0.1) is 17.9 Å². The average Bonchev–Trinajstić information content (AvgIpc) is 2.87. The Balaban J connectivity index is 1.97. The number of hydrogen-bond donors (Lipinski definition) is 3. The van der Waals surface area contributed by atoms with Gasteiger partial charge < -0.3 is 16.0 Å². The summed E-state index contributed by atoms with van der Waals surface area (Å²) in [5, 5.41) is 12.2. The van der Waals surface area contributed by atoms with E-state index in [2.05, 4.69) is 21.0 Å². The van der Waals surface area contributed by atoms with Crippen LogP contribution < -0.4 is 16.0 Å². The third-order valence-electron chi connectivity index (χ3n) is 3.75. The highest BCUT2D eigenvalue weighted by molar-refractivity contribution is 5.93. The van der Waals surface area contributed by atoms with Crippen LogP contribution in [0.3, 0.4) is 0 Å². The van der Waals surface area contributed by atoms with Crippen LogP contribution in [0.5, 0.6) is 0 Å². The maximum atomic E-state index is 13.9. The van der Waals surface area contributed by atoms with Crippen molar-refractivity contribution in [2.75, 3.05) is 10.6 Å². The van der Waals surface area contributed by atoms with Gasteiger partial charge in [0, 0.05) is 23.8 Å². The Morgan fingerprint density at radius 2 is 1.96 bits per heavy atom. The molecule has 1 heterocycles. The Bertz CT molecular complexity index is 803. The number of carbonyl (C=O) groups is 2. The van der Waals surface area contributed by atoms with E-state index in [0.717, 1.165) is 11.4 Å². The zero-order valence-electron chi connectivity index (χ0n) is 15.4. The average molecular weight is 361 g/mol. The zero-order chi connectivity index (χ0) is 19.3. The molecule has 3 amide bonds. The van der Waals surface area contributed by atoms with Crippen LogP contribution in [0.4, 0.5) is 20.6 Å². The van der Waals surface area contributed by atoms with E-state index in [4.69, 9.17) is 0 Å². The molecule has 0 spiro atoms. The molecule has 0 radical (unpaired) electrons. The third kappa shape index (κ3) is 5.30. The van der Waals surface area contributed by atoms with Crippen molar-refractivity contribution in [1.29, 1.82) is 0 Å². The molecule has 0 saturated carbocycles. The van der Waals surface area contributed by atoms with Gasteiger partial charge in [0.15, 0.2) is 0 Å². The van der Waals surface area contributed by atoms with E-state index in [1.54, 1.807) is 6.92 Å². The molecule has 0 unspecified atom stereocenters. The molecule has 140 valence electrons. The summed E-state index contributed by atoms with van der Waals surface area (Å²) in [5.74, 6) is -0.772. The van der Waals surface area contributed by atoms with Gasteiger partial charge in [-0.25, -0.2) is 9.18 Å². The number of nitrogens with zero attached hydrogens (tertiary/aromatic N) is 2. The maximum absolute atomic E-state index is 13.9. The molecule has 0 aliphatic heterocycles. The fourth-order valence-corrected chi connectivity index (χ4v) is 2.50. The van der Waals surface area contributed by atoms with Crippen LogP contribution >= 0.6 is 0 Å². The minimum absolute atomic E-state index is 0.00489. The molecular formula is C18H24FN5O2. The van der Waals surface area contributed by atoms with Crippen molar-refractivity contribution in [3.63, 3.8) is 0 Å². The second-order valence-corrected chi connectivity index (χ2v) is 6.21. The van der Waals surface area contributed by atoms with Crippen LogP contribution in [0.25, 0.3) is 0 Å². The van der Waals surface area contributed by atoms with Crippen molar-refractivity contribution in [2.24, 2.45) is 0 Å². The number of carbonyl (C=O) groups excluding carboxylic acids is 2. The van der Waals surface area contributed by atoms with E-state index in [-0.39, 0.29) is 17.6 Å². The highest BCUT2D eigenvalue weighted by Gasteiger charge is 2.13. The van der Waals surface area contributed by atoms with E-state index >= 15 is 0 Å². The van der Waals surface area contributed by atoms with Crippen LogP contribution in [0, 0.1) is 19.7 Å². The first-order valence-electron chi connectivity index (χ1n) is 8.46. The molecule has 7 nitrogen and oxygen atoms in total. The summed E-state index contributed by atoms with van der Waals surface area (Å²) in [6.45, 7) is 7.90. The smallest absolute Gasteiger partial charge is 0.319 e. The van der Waals surface area contributed by atoms with Gasteiger partial charge in [-0.05, 0) is 45.0 Å². The van der Waals surface area contributed by atoms with Crippen molar-refractivity contribution in [2.45, 2.75) is 46.7 Å². The van der Waals surface area contributed by atoms with E-state index in [1.165, 1.54) is 18.2 Å². The summed E-state index contributed by atoms with van der Waals surface area (Å²) in [6.07, 6.45) is 0.310. The van der Waals surface area contributed by atoms with Crippen LogP contribution in [0.15, 0.2) is 24.3 Å². The highest BCUT2D eigenvalue weighted by Crippen LogP contribution is 2.19. The van der Waals surface area contributed by atoms with Gasteiger partial charge in [0.1, 0.15) is 5.82 Å². The number of benzene rings is 1. The van der Waals surface area contributed by atoms with Crippen molar-refractivity contribution >= 4 is 23.3 Å². The lowest BCUT2D eigenvalue weighted by molar-refractivity contribution is -0.115. The Labute approximate surface area is 152 Å². The molecule has 1 aromatic heterocycles. The standard InChI is InChI=1S/C18H24FN5O2/c1-5-17(25)21-14-6-7-15(19)16(9-14)22-18(26)20-12(3)10-24-13(4)8-11(2)23-24/h6-9,12H,5,10H2,1-4H3,(H,21,25)(H2,20,22,26)/t12-/m1/s1. The molecule has 1 aromatic carbocycles. The van der Waals surface area contributed by atoms with Crippen molar-refractivity contribution in [3.8, 4) is 0 Å². The highest BCUT2D eigenvalue weighted by atomic mass is 19.1. The second-order valence-electron chi connectivity index (χ2n) is 6.21. The number of halogens is 1. The molecule has 0 saturated heterocycles. The SMILES string of the molecule is CCC(=O)Nc1ccc(F)c(NC(=O)N[C@H](C)Cn2nc(C)cc2C)c1. The number of urea groups is 1. The normalized spacial score (nSPS) is 11.7. The predicted octanol–water partition coefficient (Wildman–Crippen LogP) is 3.20. The van der Waals surface area contributed by atoms with E-state index < -0.39 is 11.8 Å². The van der Waals surface area contributed by atoms with Crippen LogP contribution in [0.2, 0.25) is 0 Å². The summed E-state index contributed by atoms with van der Waals surface area (Å²) in [5.41, 5.74) is 2.33. The number of nitrogens with one attached hydrogen (secondary N) is 3. The minimum atomic E-state index is -0.583. The summed E-state index contributed by atoms with van der Waals surface area (Å²) in [7, 11) is 0. The largest absolute Gasteiger partial charge is 0.334 e. The first-order chi connectivity index (χ1) is 12.3. The van der Waals surface area contributed by atoms with Crippen molar-refractivity contribution in [1.82, 2.24) is 15.1 Å². The Kier molecular flexibility index (Phi) is 6.32. The van der Waals surface area contributed by atoms with Crippen molar-refractivity contribution < 1.29 is 14.0 Å². The molecular weight excluding hydrogens is 337 g/mol. The maximum Gasteiger partial charge on any atom is 0.319 e. The minimum Gasteiger partial charge on any atom is -0.334 e. The van der Waals surface area contributed by atoms with E-state index in [1.807, 2.05) is 31.5 Å².